The normalized spacial score (nSPS) is 13.8. The summed E-state index contributed by atoms with van der Waals surface area (Å²) in [7, 11) is 0. The third-order valence-corrected chi connectivity index (χ3v) is 12.2. The Kier molecular flexibility index (Phi) is 50.6. The molecule has 3 atom stereocenters. The molecular formula is C60H105NO5. The van der Waals surface area contributed by atoms with Gasteiger partial charge in [-0.1, -0.05) is 241 Å². The molecule has 0 aromatic heterocycles. The van der Waals surface area contributed by atoms with Crippen LogP contribution in [0.4, 0.5) is 0 Å². The van der Waals surface area contributed by atoms with Crippen LogP contribution in [-0.4, -0.2) is 46.9 Å². The maximum Gasteiger partial charge on any atom is 0.306 e. The van der Waals surface area contributed by atoms with Crippen molar-refractivity contribution < 1.29 is 24.5 Å². The molecular weight excluding hydrogens is 815 g/mol. The van der Waals surface area contributed by atoms with Gasteiger partial charge in [-0.3, -0.25) is 9.59 Å². The average Bonchev–Trinajstić information content (AvgIpc) is 3.31. The minimum atomic E-state index is -0.806. The van der Waals surface area contributed by atoms with E-state index in [1.165, 1.54) is 122 Å². The highest BCUT2D eigenvalue weighted by molar-refractivity contribution is 5.77. The van der Waals surface area contributed by atoms with Crippen molar-refractivity contribution in [2.75, 3.05) is 6.61 Å². The van der Waals surface area contributed by atoms with E-state index in [0.717, 1.165) is 83.5 Å². The molecule has 3 N–H and O–H groups in total. The van der Waals surface area contributed by atoms with Crippen LogP contribution in [0.3, 0.4) is 0 Å². The summed E-state index contributed by atoms with van der Waals surface area (Å²) in [5.41, 5.74) is 0. The summed E-state index contributed by atoms with van der Waals surface area (Å²) in [5, 5.41) is 23.8. The highest BCUT2D eigenvalue weighted by Crippen LogP contribution is 2.17. The van der Waals surface area contributed by atoms with E-state index in [2.05, 4.69) is 105 Å². The fourth-order valence-electron chi connectivity index (χ4n) is 8.04. The molecule has 0 heterocycles. The second kappa shape index (κ2) is 53.0. The summed E-state index contributed by atoms with van der Waals surface area (Å²) in [4.78, 5) is 26.2. The second-order valence-corrected chi connectivity index (χ2v) is 18.6. The van der Waals surface area contributed by atoms with Gasteiger partial charge in [-0.2, -0.15) is 0 Å². The zero-order valence-electron chi connectivity index (χ0n) is 43.3. The summed E-state index contributed by atoms with van der Waals surface area (Å²) in [6.45, 7) is 6.35. The number of amides is 1. The fourth-order valence-corrected chi connectivity index (χ4v) is 8.04. The quantitative estimate of drug-likeness (QED) is 0.0321. The van der Waals surface area contributed by atoms with Gasteiger partial charge in [0.15, 0.2) is 0 Å². The van der Waals surface area contributed by atoms with Crippen molar-refractivity contribution in [2.45, 2.75) is 277 Å². The van der Waals surface area contributed by atoms with E-state index in [0.29, 0.717) is 19.3 Å². The Balaban J connectivity index is 4.67. The predicted molar refractivity (Wildman–Crippen MR) is 287 cm³/mol. The Morgan fingerprint density at radius 3 is 1.26 bits per heavy atom. The molecule has 0 saturated carbocycles. The lowest BCUT2D eigenvalue weighted by atomic mass is 10.0. The van der Waals surface area contributed by atoms with Crippen molar-refractivity contribution in [1.29, 1.82) is 0 Å². The van der Waals surface area contributed by atoms with E-state index < -0.39 is 18.2 Å². The third-order valence-electron chi connectivity index (χ3n) is 12.2. The van der Waals surface area contributed by atoms with Crippen molar-refractivity contribution in [3.63, 3.8) is 0 Å². The summed E-state index contributed by atoms with van der Waals surface area (Å²) in [6.07, 6.45) is 69.4. The van der Waals surface area contributed by atoms with E-state index in [1.807, 2.05) is 6.08 Å². The van der Waals surface area contributed by atoms with Crippen LogP contribution < -0.4 is 5.32 Å². The fraction of sp³-hybridized carbons (Fsp3) is 0.733. The van der Waals surface area contributed by atoms with E-state index in [1.54, 1.807) is 0 Å². The lowest BCUT2D eigenvalue weighted by Gasteiger charge is -2.24. The van der Waals surface area contributed by atoms with Crippen LogP contribution in [0, 0.1) is 0 Å². The summed E-state index contributed by atoms with van der Waals surface area (Å²) in [5.74, 6) is -0.582. The number of aliphatic hydroxyl groups excluding tert-OH is 2. The molecule has 0 aliphatic carbocycles. The molecule has 66 heavy (non-hydrogen) atoms. The largest absolute Gasteiger partial charge is 0.462 e. The lowest BCUT2D eigenvalue weighted by Crippen LogP contribution is -2.46. The van der Waals surface area contributed by atoms with E-state index in [-0.39, 0.29) is 31.3 Å². The predicted octanol–water partition coefficient (Wildman–Crippen LogP) is 17.1. The number of allylic oxidation sites excluding steroid dienone is 14. The zero-order chi connectivity index (χ0) is 48.1. The molecule has 0 saturated heterocycles. The molecule has 0 aromatic rings. The van der Waals surface area contributed by atoms with Gasteiger partial charge in [-0.15, -0.1) is 0 Å². The number of rotatable bonds is 49. The van der Waals surface area contributed by atoms with Gasteiger partial charge in [-0.05, 0) is 89.9 Å². The van der Waals surface area contributed by atoms with Gasteiger partial charge < -0.3 is 20.3 Å². The van der Waals surface area contributed by atoms with Crippen molar-refractivity contribution in [1.82, 2.24) is 5.32 Å². The minimum Gasteiger partial charge on any atom is -0.462 e. The highest BCUT2D eigenvalue weighted by Gasteiger charge is 2.24. The maximum atomic E-state index is 13.2. The summed E-state index contributed by atoms with van der Waals surface area (Å²) < 4.78 is 5.90. The number of ether oxygens (including phenoxy) is 1. The van der Waals surface area contributed by atoms with Crippen LogP contribution in [-0.2, 0) is 14.3 Å². The molecule has 3 unspecified atom stereocenters. The van der Waals surface area contributed by atoms with Crippen molar-refractivity contribution in [3.8, 4) is 0 Å². The molecule has 0 aliphatic heterocycles. The topological polar surface area (TPSA) is 95.9 Å². The highest BCUT2D eigenvalue weighted by atomic mass is 16.5. The Morgan fingerprint density at radius 2 is 0.818 bits per heavy atom. The van der Waals surface area contributed by atoms with E-state index >= 15 is 0 Å². The first kappa shape index (κ1) is 63.0. The number of hydrogen-bond acceptors (Lipinski definition) is 5. The van der Waals surface area contributed by atoms with E-state index in [9.17, 15) is 19.8 Å². The lowest BCUT2D eigenvalue weighted by molar-refractivity contribution is -0.150. The first-order valence-electron chi connectivity index (χ1n) is 27.8. The number of aliphatic hydroxyl groups is 2. The van der Waals surface area contributed by atoms with Gasteiger partial charge in [0.25, 0.3) is 0 Å². The molecule has 1 amide bonds. The van der Waals surface area contributed by atoms with Crippen LogP contribution in [0.15, 0.2) is 85.1 Å². The van der Waals surface area contributed by atoms with Gasteiger partial charge in [0.1, 0.15) is 6.10 Å². The average molecular weight is 921 g/mol. The maximum absolute atomic E-state index is 13.2. The van der Waals surface area contributed by atoms with Crippen LogP contribution in [0.2, 0.25) is 0 Å². The smallest absolute Gasteiger partial charge is 0.306 e. The van der Waals surface area contributed by atoms with Crippen LogP contribution in [0.5, 0.6) is 0 Å². The Bertz CT molecular complexity index is 1260. The number of carbonyl (C=O) groups excluding carboxylic acids is 2. The van der Waals surface area contributed by atoms with Gasteiger partial charge in [0.05, 0.1) is 25.2 Å². The van der Waals surface area contributed by atoms with Gasteiger partial charge >= 0.3 is 5.97 Å². The standard InChI is InChI=1S/C60H105NO5/c1-4-7-10-13-16-19-22-25-27-28-29-30-32-35-38-41-44-47-50-53-60(65)66-56(51-48-45-42-39-36-33-24-21-18-15-12-9-6-3)54-59(64)61-57(55-62)58(63)52-49-46-43-40-37-34-31-26-23-20-17-14-11-8-5-2/h7,10,16,19,21,24-25,27,29-30,35,38,44,47,56-58,62-63H,4-6,8-9,11-15,17-18,20,22-23,26,28,31-34,36-37,39-43,45-46,48-55H2,1-3H3,(H,61,64)/b10-7-,19-16-,24-21-,27-25-,30-29-,38-35-,47-44-. The van der Waals surface area contributed by atoms with Gasteiger partial charge in [0.2, 0.25) is 5.91 Å². The molecule has 0 radical (unpaired) electrons. The van der Waals surface area contributed by atoms with Crippen LogP contribution in [0.1, 0.15) is 258 Å². The molecule has 6 nitrogen and oxygen atoms in total. The number of nitrogens with one attached hydrogen (secondary N) is 1. The monoisotopic (exact) mass is 920 g/mol. The van der Waals surface area contributed by atoms with E-state index in [4.69, 9.17) is 4.74 Å². The minimum absolute atomic E-state index is 0.0386. The zero-order valence-corrected chi connectivity index (χ0v) is 43.3. The Morgan fingerprint density at radius 1 is 0.455 bits per heavy atom. The number of esters is 1. The molecule has 0 bridgehead atoms. The van der Waals surface area contributed by atoms with Crippen LogP contribution >= 0.6 is 0 Å². The molecule has 0 spiro atoms. The first-order valence-corrected chi connectivity index (χ1v) is 27.8. The number of carbonyl (C=O) groups is 2. The van der Waals surface area contributed by atoms with Gasteiger partial charge in [-0.25, -0.2) is 0 Å². The van der Waals surface area contributed by atoms with Gasteiger partial charge in [0, 0.05) is 6.42 Å². The van der Waals surface area contributed by atoms with Crippen molar-refractivity contribution in [3.05, 3.63) is 85.1 Å². The van der Waals surface area contributed by atoms with Crippen molar-refractivity contribution >= 4 is 11.9 Å². The third kappa shape index (κ3) is 47.5. The SMILES string of the molecule is CC/C=C\C/C=C\C/C=C\C/C=C\C/C=C\C/C=C\CCC(=O)OC(CCCCCCC/C=C\CCCCCC)CC(=O)NC(CO)C(O)CCCCCCCCCCCCCCCCC. The number of hydrogen-bond donors (Lipinski definition) is 3. The van der Waals surface area contributed by atoms with Crippen molar-refractivity contribution in [2.24, 2.45) is 0 Å². The molecule has 6 heteroatoms. The molecule has 0 aromatic carbocycles. The first-order chi connectivity index (χ1) is 32.5. The Hall–Kier alpha value is -2.96. The second-order valence-electron chi connectivity index (χ2n) is 18.6. The molecule has 380 valence electrons. The summed E-state index contributed by atoms with van der Waals surface area (Å²) >= 11 is 0. The number of unbranched alkanes of at least 4 members (excludes halogenated alkanes) is 23. The van der Waals surface area contributed by atoms with Crippen LogP contribution in [0.25, 0.3) is 0 Å². The molecule has 0 rings (SSSR count). The summed E-state index contributed by atoms with van der Waals surface area (Å²) in [6, 6.07) is -0.723. The molecule has 0 aliphatic rings. The Labute approximate surface area is 408 Å². The molecule has 0 fully saturated rings.